The van der Waals surface area contributed by atoms with E-state index in [0.717, 1.165) is 0 Å². The highest BCUT2D eigenvalue weighted by molar-refractivity contribution is 7.12. The van der Waals surface area contributed by atoms with Crippen molar-refractivity contribution in [2.75, 3.05) is 6.54 Å². The van der Waals surface area contributed by atoms with Crippen molar-refractivity contribution in [1.29, 1.82) is 0 Å². The van der Waals surface area contributed by atoms with E-state index < -0.39 is 12.0 Å². The summed E-state index contributed by atoms with van der Waals surface area (Å²) in [6.45, 7) is 3.77. The number of carboxylic acids is 1. The number of hydrogen-bond acceptors (Lipinski definition) is 4. The first-order valence-corrected chi connectivity index (χ1v) is 7.65. The zero-order chi connectivity index (χ0) is 15.8. The third-order valence-electron chi connectivity index (χ3n) is 3.09. The number of hydrogen-bond donors (Lipinski definition) is 3. The van der Waals surface area contributed by atoms with Gasteiger partial charge in [-0.2, -0.15) is 0 Å². The third-order valence-corrected chi connectivity index (χ3v) is 3.96. The summed E-state index contributed by atoms with van der Waals surface area (Å²) in [7, 11) is 0. The van der Waals surface area contributed by atoms with Crippen LogP contribution in [0.1, 0.15) is 36.4 Å². The third kappa shape index (κ3) is 5.95. The van der Waals surface area contributed by atoms with Gasteiger partial charge in [0.1, 0.15) is 6.04 Å². The molecule has 116 valence electrons. The van der Waals surface area contributed by atoms with E-state index in [1.54, 1.807) is 24.4 Å². The molecule has 0 fully saturated rings. The van der Waals surface area contributed by atoms with Crippen LogP contribution in [0.25, 0.3) is 0 Å². The minimum Gasteiger partial charge on any atom is -0.481 e. The fourth-order valence-electron chi connectivity index (χ4n) is 1.75. The standard InChI is InChI=1S/C14H20N2O4S/c1-3-10(7-12(17)18)8-15-13(19)9(2)16-14(20)11-5-4-6-21-11/h4-6,9-10H,3,7-8H2,1-2H3,(H,15,19)(H,16,20)(H,17,18). The molecular formula is C14H20N2O4S. The zero-order valence-electron chi connectivity index (χ0n) is 12.1. The van der Waals surface area contributed by atoms with Crippen LogP contribution in [0.5, 0.6) is 0 Å². The van der Waals surface area contributed by atoms with E-state index in [0.29, 0.717) is 17.8 Å². The van der Waals surface area contributed by atoms with E-state index in [-0.39, 0.29) is 24.2 Å². The van der Waals surface area contributed by atoms with Gasteiger partial charge >= 0.3 is 5.97 Å². The van der Waals surface area contributed by atoms with Crippen molar-refractivity contribution >= 4 is 29.1 Å². The van der Waals surface area contributed by atoms with Gasteiger partial charge in [0.15, 0.2) is 0 Å². The van der Waals surface area contributed by atoms with E-state index in [4.69, 9.17) is 5.11 Å². The summed E-state index contributed by atoms with van der Waals surface area (Å²) in [5.41, 5.74) is 0. The Hall–Kier alpha value is -1.89. The highest BCUT2D eigenvalue weighted by Crippen LogP contribution is 2.09. The van der Waals surface area contributed by atoms with Crippen LogP contribution in [0.3, 0.4) is 0 Å². The number of nitrogens with one attached hydrogen (secondary N) is 2. The Labute approximate surface area is 127 Å². The lowest BCUT2D eigenvalue weighted by Crippen LogP contribution is -2.45. The molecule has 0 aliphatic heterocycles. The van der Waals surface area contributed by atoms with Gasteiger partial charge in [0.2, 0.25) is 5.91 Å². The van der Waals surface area contributed by atoms with E-state index in [1.807, 2.05) is 6.92 Å². The normalized spacial score (nSPS) is 13.2. The molecule has 1 rings (SSSR count). The van der Waals surface area contributed by atoms with Crippen LogP contribution >= 0.6 is 11.3 Å². The van der Waals surface area contributed by atoms with Crippen LogP contribution in [-0.2, 0) is 9.59 Å². The molecular weight excluding hydrogens is 292 g/mol. The van der Waals surface area contributed by atoms with Gasteiger partial charge in [-0.15, -0.1) is 11.3 Å². The van der Waals surface area contributed by atoms with Crippen LogP contribution in [0.15, 0.2) is 17.5 Å². The number of carbonyl (C=O) groups is 3. The van der Waals surface area contributed by atoms with Gasteiger partial charge in [0.05, 0.1) is 4.88 Å². The Balaban J connectivity index is 2.40. The number of carboxylic acid groups (broad SMARTS) is 1. The highest BCUT2D eigenvalue weighted by atomic mass is 32.1. The Bertz CT molecular complexity index is 487. The lowest BCUT2D eigenvalue weighted by molar-refractivity contribution is -0.138. The molecule has 2 amide bonds. The van der Waals surface area contributed by atoms with Crippen LogP contribution in [0, 0.1) is 5.92 Å². The number of aliphatic carboxylic acids is 1. The summed E-state index contributed by atoms with van der Waals surface area (Å²) in [5, 5.41) is 15.8. The van der Waals surface area contributed by atoms with Gasteiger partial charge in [-0.25, -0.2) is 0 Å². The number of carbonyl (C=O) groups excluding carboxylic acids is 2. The highest BCUT2D eigenvalue weighted by Gasteiger charge is 2.18. The molecule has 1 heterocycles. The number of amides is 2. The molecule has 0 aliphatic rings. The zero-order valence-corrected chi connectivity index (χ0v) is 12.9. The van der Waals surface area contributed by atoms with Gasteiger partial charge < -0.3 is 15.7 Å². The lowest BCUT2D eigenvalue weighted by atomic mass is 10.0. The molecule has 1 aromatic heterocycles. The van der Waals surface area contributed by atoms with Gasteiger partial charge in [0, 0.05) is 13.0 Å². The summed E-state index contributed by atoms with van der Waals surface area (Å²) in [4.78, 5) is 34.9. The average molecular weight is 312 g/mol. The molecule has 0 radical (unpaired) electrons. The molecule has 0 aliphatic carbocycles. The first-order valence-electron chi connectivity index (χ1n) is 6.77. The van der Waals surface area contributed by atoms with Crippen molar-refractivity contribution in [1.82, 2.24) is 10.6 Å². The average Bonchev–Trinajstić information content (AvgIpc) is 2.96. The van der Waals surface area contributed by atoms with Crippen molar-refractivity contribution in [3.05, 3.63) is 22.4 Å². The maximum atomic E-state index is 11.9. The topological polar surface area (TPSA) is 95.5 Å². The fourth-order valence-corrected chi connectivity index (χ4v) is 2.37. The smallest absolute Gasteiger partial charge is 0.303 e. The molecule has 2 atom stereocenters. The lowest BCUT2D eigenvalue weighted by Gasteiger charge is -2.17. The summed E-state index contributed by atoms with van der Waals surface area (Å²) >= 11 is 1.30. The Morgan fingerprint density at radius 3 is 2.62 bits per heavy atom. The molecule has 0 saturated carbocycles. The molecule has 7 heteroatoms. The predicted molar refractivity (Wildman–Crippen MR) is 80.3 cm³/mol. The number of thiophene rings is 1. The van der Waals surface area contributed by atoms with Crippen molar-refractivity contribution in [3.63, 3.8) is 0 Å². The predicted octanol–water partition coefficient (Wildman–Crippen LogP) is 1.48. The minimum atomic E-state index is -0.879. The Kier molecular flexibility index (Phi) is 6.87. The molecule has 21 heavy (non-hydrogen) atoms. The van der Waals surface area contributed by atoms with Gasteiger partial charge in [0.25, 0.3) is 5.91 Å². The summed E-state index contributed by atoms with van der Waals surface area (Å²) in [6, 6.07) is 2.79. The first kappa shape index (κ1) is 17.2. The molecule has 0 bridgehead atoms. The van der Waals surface area contributed by atoms with Gasteiger partial charge in [-0.3, -0.25) is 14.4 Å². The van der Waals surface area contributed by atoms with Crippen molar-refractivity contribution in [3.8, 4) is 0 Å². The molecule has 6 nitrogen and oxygen atoms in total. The number of rotatable bonds is 8. The molecule has 3 N–H and O–H groups in total. The molecule has 0 saturated heterocycles. The maximum Gasteiger partial charge on any atom is 0.303 e. The molecule has 1 aromatic rings. The molecule has 0 spiro atoms. The first-order chi connectivity index (χ1) is 9.93. The van der Waals surface area contributed by atoms with E-state index in [9.17, 15) is 14.4 Å². The Morgan fingerprint density at radius 2 is 2.10 bits per heavy atom. The second-order valence-corrected chi connectivity index (χ2v) is 5.74. The summed E-state index contributed by atoms with van der Waals surface area (Å²) in [6.07, 6.45) is 0.690. The molecule has 2 unspecified atom stereocenters. The summed E-state index contributed by atoms with van der Waals surface area (Å²) < 4.78 is 0. The monoisotopic (exact) mass is 312 g/mol. The van der Waals surface area contributed by atoms with Crippen molar-refractivity contribution < 1.29 is 19.5 Å². The largest absolute Gasteiger partial charge is 0.481 e. The minimum absolute atomic E-state index is 0.0206. The second-order valence-electron chi connectivity index (χ2n) is 4.79. The maximum absolute atomic E-state index is 11.9. The van der Waals surface area contributed by atoms with Crippen molar-refractivity contribution in [2.45, 2.75) is 32.7 Å². The van der Waals surface area contributed by atoms with Crippen LogP contribution in [-0.4, -0.2) is 35.5 Å². The molecule has 0 aromatic carbocycles. The van der Waals surface area contributed by atoms with E-state index in [2.05, 4.69) is 10.6 Å². The second kappa shape index (κ2) is 8.41. The van der Waals surface area contributed by atoms with Crippen LogP contribution in [0.4, 0.5) is 0 Å². The van der Waals surface area contributed by atoms with Crippen LogP contribution < -0.4 is 10.6 Å². The van der Waals surface area contributed by atoms with Gasteiger partial charge in [-0.1, -0.05) is 19.4 Å². The Morgan fingerprint density at radius 1 is 1.38 bits per heavy atom. The van der Waals surface area contributed by atoms with Crippen molar-refractivity contribution in [2.24, 2.45) is 5.92 Å². The van der Waals surface area contributed by atoms with E-state index in [1.165, 1.54) is 11.3 Å². The summed E-state index contributed by atoms with van der Waals surface area (Å²) in [5.74, 6) is -1.59. The van der Waals surface area contributed by atoms with Crippen LogP contribution in [0.2, 0.25) is 0 Å². The fraction of sp³-hybridized carbons (Fsp3) is 0.500. The quantitative estimate of drug-likeness (QED) is 0.677. The van der Waals surface area contributed by atoms with E-state index >= 15 is 0 Å². The van der Waals surface area contributed by atoms with Gasteiger partial charge in [-0.05, 0) is 24.3 Å². The SMILES string of the molecule is CCC(CNC(=O)C(C)NC(=O)c1cccs1)CC(=O)O.